The van der Waals surface area contributed by atoms with Crippen LogP contribution in [0.2, 0.25) is 0 Å². The van der Waals surface area contributed by atoms with E-state index in [-0.39, 0.29) is 17.7 Å². The molecule has 0 radical (unpaired) electrons. The van der Waals surface area contributed by atoms with Crippen LogP contribution >= 0.6 is 0 Å². The van der Waals surface area contributed by atoms with Crippen LogP contribution in [0.4, 0.5) is 11.4 Å². The number of hydrogen-bond donors (Lipinski definition) is 0. The molecule has 0 atom stereocenters. The number of anilines is 2. The number of rotatable bonds is 1. The third-order valence-corrected chi connectivity index (χ3v) is 12.8. The summed E-state index contributed by atoms with van der Waals surface area (Å²) in [4.78, 5) is 2.63. The maximum absolute atomic E-state index is 6.60. The van der Waals surface area contributed by atoms with Gasteiger partial charge in [0.25, 0.3) is 0 Å². The topological polar surface area (TPSA) is 34.5 Å². The van der Waals surface area contributed by atoms with E-state index >= 15 is 0 Å². The van der Waals surface area contributed by atoms with Crippen LogP contribution in [0.15, 0.2) is 130 Å². The molecule has 7 aromatic carbocycles. The zero-order valence-corrected chi connectivity index (χ0v) is 32.8. The molecule has 0 aliphatic carbocycles. The quantitative estimate of drug-likeness (QED) is 0.158. The average Bonchev–Trinajstić information content (AvgIpc) is 3.84. The molecule has 270 valence electrons. The molecule has 5 heteroatoms. The van der Waals surface area contributed by atoms with E-state index in [1.54, 1.807) is 0 Å². The number of benzene rings is 7. The van der Waals surface area contributed by atoms with Gasteiger partial charge in [0.15, 0.2) is 0 Å². The maximum Gasteiger partial charge on any atom is 0.333 e. The Morgan fingerprint density at radius 2 is 1.14 bits per heavy atom. The van der Waals surface area contributed by atoms with Gasteiger partial charge in [-0.15, -0.1) is 0 Å². The van der Waals surface area contributed by atoms with Crippen molar-refractivity contribution in [2.75, 3.05) is 4.81 Å². The van der Waals surface area contributed by atoms with Gasteiger partial charge in [-0.1, -0.05) is 108 Å². The molecule has 0 amide bonds. The van der Waals surface area contributed by atoms with Crippen molar-refractivity contribution in [1.82, 2.24) is 4.57 Å². The van der Waals surface area contributed by atoms with Gasteiger partial charge in [0.1, 0.15) is 22.3 Å². The van der Waals surface area contributed by atoms with Crippen molar-refractivity contribution in [2.45, 2.75) is 59.3 Å². The fourth-order valence-corrected chi connectivity index (χ4v) is 10.00. The third kappa shape index (κ3) is 4.15. The number of aromatic nitrogens is 1. The van der Waals surface area contributed by atoms with Gasteiger partial charge in [0.2, 0.25) is 0 Å². The van der Waals surface area contributed by atoms with E-state index in [0.29, 0.717) is 0 Å². The fourth-order valence-electron chi connectivity index (χ4n) is 10.00. The fraction of sp³-hybridized carbons (Fsp3) is 0.176. The monoisotopic (exact) mass is 724 g/mol. The van der Waals surface area contributed by atoms with Gasteiger partial charge < -0.3 is 18.2 Å². The van der Waals surface area contributed by atoms with Crippen molar-refractivity contribution in [3.05, 3.63) is 138 Å². The van der Waals surface area contributed by atoms with Gasteiger partial charge in [-0.2, -0.15) is 0 Å². The molecule has 0 unspecified atom stereocenters. The van der Waals surface area contributed by atoms with Crippen LogP contribution in [0, 0.1) is 6.92 Å². The highest BCUT2D eigenvalue weighted by atomic mass is 16.3. The van der Waals surface area contributed by atoms with Crippen LogP contribution in [0.25, 0.3) is 82.5 Å². The van der Waals surface area contributed by atoms with E-state index in [9.17, 15) is 0 Å². The second-order valence-corrected chi connectivity index (χ2v) is 18.2. The van der Waals surface area contributed by atoms with Crippen molar-refractivity contribution >= 4 is 94.8 Å². The lowest BCUT2D eigenvalue weighted by molar-refractivity contribution is 0.590. The van der Waals surface area contributed by atoms with Gasteiger partial charge >= 0.3 is 6.85 Å². The maximum atomic E-state index is 6.60. The highest BCUT2D eigenvalue weighted by Gasteiger charge is 2.45. The van der Waals surface area contributed by atoms with Gasteiger partial charge in [-0.05, 0) is 99.5 Å². The lowest BCUT2D eigenvalue weighted by atomic mass is 9.43. The molecule has 0 N–H and O–H groups in total. The second kappa shape index (κ2) is 10.6. The summed E-state index contributed by atoms with van der Waals surface area (Å²) in [5.41, 5.74) is 18.7. The summed E-state index contributed by atoms with van der Waals surface area (Å²) in [6.45, 7) is 16.1. The molecule has 0 saturated carbocycles. The van der Waals surface area contributed by atoms with Crippen LogP contribution in [-0.4, -0.2) is 11.4 Å². The largest absolute Gasteiger partial charge is 0.456 e. The predicted octanol–water partition coefficient (Wildman–Crippen LogP) is 12.7. The highest BCUT2D eigenvalue weighted by Crippen LogP contribution is 2.49. The molecule has 0 bridgehead atoms. The Balaban J connectivity index is 1.27. The SMILES string of the molecule is Cc1cc2c3c4c1c1cc5c(cc1n4-c1ccc(C(C)(C)C)cc1B3N(c1ccc(C(C)(C)C)cc1)c1cc3c(cc1-2)oc1ccccc13)oc1ccccc15. The average molecular weight is 725 g/mol. The number of para-hydroxylation sites is 2. The number of nitrogens with zero attached hydrogens (tertiary/aromatic N) is 2. The van der Waals surface area contributed by atoms with Crippen molar-refractivity contribution in [3.8, 4) is 16.8 Å². The van der Waals surface area contributed by atoms with E-state index in [4.69, 9.17) is 8.83 Å². The molecule has 10 aromatic rings. The third-order valence-electron chi connectivity index (χ3n) is 12.8. The molecule has 5 heterocycles. The Morgan fingerprint density at radius 1 is 0.518 bits per heavy atom. The van der Waals surface area contributed by atoms with Crippen molar-refractivity contribution in [3.63, 3.8) is 0 Å². The van der Waals surface area contributed by atoms with Crippen LogP contribution in [-0.2, 0) is 10.8 Å². The first-order chi connectivity index (χ1) is 26.9. The highest BCUT2D eigenvalue weighted by molar-refractivity contribution is 6.93. The van der Waals surface area contributed by atoms with Crippen LogP contribution < -0.4 is 15.7 Å². The molecular formula is C51H41BN2O2. The van der Waals surface area contributed by atoms with E-state index in [1.165, 1.54) is 77.6 Å². The van der Waals surface area contributed by atoms with Crippen LogP contribution in [0.5, 0.6) is 0 Å². The molecule has 2 aliphatic heterocycles. The molecular weight excluding hydrogens is 683 g/mol. The Morgan fingerprint density at radius 3 is 1.82 bits per heavy atom. The zero-order valence-electron chi connectivity index (χ0n) is 32.8. The summed E-state index contributed by atoms with van der Waals surface area (Å²) in [5, 5.41) is 7.14. The Labute approximate surface area is 326 Å². The van der Waals surface area contributed by atoms with E-state index in [0.717, 1.165) is 43.9 Å². The van der Waals surface area contributed by atoms with Gasteiger partial charge in [0.05, 0.1) is 11.0 Å². The molecule has 3 aromatic heterocycles. The zero-order chi connectivity index (χ0) is 38.0. The van der Waals surface area contributed by atoms with Crippen LogP contribution in [0.3, 0.4) is 0 Å². The Bertz CT molecular complexity index is 3340. The first-order valence-corrected chi connectivity index (χ1v) is 19.9. The lowest BCUT2D eigenvalue weighted by Gasteiger charge is -2.42. The first-order valence-electron chi connectivity index (χ1n) is 19.9. The number of hydrogen-bond acceptors (Lipinski definition) is 3. The number of aryl methyl sites for hydroxylation is 1. The summed E-state index contributed by atoms with van der Waals surface area (Å²) >= 11 is 0. The van der Waals surface area contributed by atoms with E-state index in [2.05, 4.69) is 179 Å². The van der Waals surface area contributed by atoms with E-state index in [1.807, 2.05) is 0 Å². The van der Waals surface area contributed by atoms with Gasteiger partial charge in [0, 0.05) is 61.0 Å². The number of fused-ring (bicyclic) bond motifs is 14. The molecule has 4 nitrogen and oxygen atoms in total. The summed E-state index contributed by atoms with van der Waals surface area (Å²) in [5.74, 6) is 0. The van der Waals surface area contributed by atoms with Crippen molar-refractivity contribution in [2.24, 2.45) is 0 Å². The molecule has 0 spiro atoms. The van der Waals surface area contributed by atoms with Gasteiger partial charge in [-0.25, -0.2) is 0 Å². The summed E-state index contributed by atoms with van der Waals surface area (Å²) in [6.07, 6.45) is 0. The van der Waals surface area contributed by atoms with E-state index < -0.39 is 0 Å². The Hall–Kier alpha value is -6.20. The standard InChI is InChI=1S/C51H41BN2O2/c1-28-22-37-34-26-45-36(33-13-9-11-15-44(33)55-45)25-42(34)54(31-19-16-29(17-20-31)50(2,3)4)52-39-23-30(51(5,6)7)18-21-40(39)53-41-27-46-35(32-12-8-10-14-43(32)56-46)24-38(41)47(28)49(53)48(37)52/h8-27H,1-7H3. The molecule has 56 heavy (non-hydrogen) atoms. The second-order valence-electron chi connectivity index (χ2n) is 18.2. The minimum Gasteiger partial charge on any atom is -0.456 e. The summed E-state index contributed by atoms with van der Waals surface area (Å²) < 4.78 is 15.7. The summed E-state index contributed by atoms with van der Waals surface area (Å²) in [7, 11) is 0. The Kier molecular flexibility index (Phi) is 6.05. The molecule has 2 aliphatic rings. The first kappa shape index (κ1) is 32.1. The van der Waals surface area contributed by atoms with Crippen molar-refractivity contribution in [1.29, 1.82) is 0 Å². The smallest absolute Gasteiger partial charge is 0.333 e. The minimum absolute atomic E-state index is 0.0342. The van der Waals surface area contributed by atoms with Gasteiger partial charge in [-0.3, -0.25) is 0 Å². The minimum atomic E-state index is -0.0744. The molecule has 12 rings (SSSR count). The summed E-state index contributed by atoms with van der Waals surface area (Å²) in [6, 6.07) is 45.2. The van der Waals surface area contributed by atoms with Crippen LogP contribution in [0.1, 0.15) is 58.2 Å². The predicted molar refractivity (Wildman–Crippen MR) is 237 cm³/mol. The molecule has 0 fully saturated rings. The normalized spacial score (nSPS) is 13.9. The lowest BCUT2D eigenvalue weighted by Crippen LogP contribution is -2.60. The number of furan rings is 2. The molecule has 0 saturated heterocycles. The van der Waals surface area contributed by atoms with Crippen molar-refractivity contribution < 1.29 is 8.83 Å².